The summed E-state index contributed by atoms with van der Waals surface area (Å²) in [5, 5.41) is 7.26. The molecule has 0 spiro atoms. The summed E-state index contributed by atoms with van der Waals surface area (Å²) in [7, 11) is 0. The van der Waals surface area contributed by atoms with Crippen molar-refractivity contribution in [2.75, 3.05) is 0 Å². The average molecular weight is 413 g/mol. The lowest BCUT2D eigenvalue weighted by Crippen LogP contribution is -2.33. The van der Waals surface area contributed by atoms with Crippen LogP contribution in [0.25, 0.3) is 0 Å². The van der Waals surface area contributed by atoms with Crippen LogP contribution < -0.4 is 10.9 Å². The first-order valence-electron chi connectivity index (χ1n) is 9.03. The van der Waals surface area contributed by atoms with Crippen LogP contribution in [0.4, 0.5) is 0 Å². The molecule has 0 fully saturated rings. The number of aromatic nitrogens is 2. The second kappa shape index (κ2) is 11.1. The maximum absolute atomic E-state index is 12.3. The van der Waals surface area contributed by atoms with Crippen LogP contribution in [0, 0.1) is 0 Å². The van der Waals surface area contributed by atoms with Crippen LogP contribution in [0.2, 0.25) is 0 Å². The zero-order valence-electron chi connectivity index (χ0n) is 16.8. The molecule has 2 heterocycles. The zero-order valence-corrected chi connectivity index (χ0v) is 17.6. The Morgan fingerprint density at radius 2 is 1.28 bits per heavy atom. The highest BCUT2D eigenvalue weighted by molar-refractivity contribution is 8.01. The van der Waals surface area contributed by atoms with Crippen molar-refractivity contribution >= 4 is 35.0 Å². The molecule has 0 aliphatic rings. The van der Waals surface area contributed by atoms with Crippen LogP contribution in [-0.4, -0.2) is 43.7 Å². The van der Waals surface area contributed by atoms with Gasteiger partial charge in [0.05, 0.1) is 21.9 Å². The van der Waals surface area contributed by atoms with E-state index in [1.165, 1.54) is 11.8 Å². The van der Waals surface area contributed by atoms with Crippen molar-refractivity contribution in [3.05, 3.63) is 60.2 Å². The summed E-state index contributed by atoms with van der Waals surface area (Å²) in [5.41, 5.74) is 8.00. The summed E-state index contributed by atoms with van der Waals surface area (Å²) < 4.78 is 0. The van der Waals surface area contributed by atoms with Gasteiger partial charge in [-0.1, -0.05) is 12.1 Å². The molecule has 2 amide bonds. The first-order chi connectivity index (χ1) is 13.9. The van der Waals surface area contributed by atoms with E-state index in [1.54, 1.807) is 64.6 Å². The van der Waals surface area contributed by atoms with Gasteiger partial charge in [0.2, 0.25) is 0 Å². The van der Waals surface area contributed by atoms with Gasteiger partial charge in [-0.3, -0.25) is 19.6 Å². The molecule has 2 aromatic rings. The van der Waals surface area contributed by atoms with Gasteiger partial charge in [0.1, 0.15) is 0 Å². The third kappa shape index (κ3) is 7.11. The molecule has 8 nitrogen and oxygen atoms in total. The first kappa shape index (κ1) is 22.2. The van der Waals surface area contributed by atoms with E-state index in [0.717, 1.165) is 11.1 Å². The van der Waals surface area contributed by atoms with Crippen molar-refractivity contribution in [3.63, 3.8) is 0 Å². The van der Waals surface area contributed by atoms with Crippen molar-refractivity contribution in [3.8, 4) is 0 Å². The van der Waals surface area contributed by atoms with Crippen molar-refractivity contribution < 1.29 is 9.59 Å². The number of pyridine rings is 2. The lowest BCUT2D eigenvalue weighted by Gasteiger charge is -2.15. The van der Waals surface area contributed by atoms with Crippen molar-refractivity contribution in [2.45, 2.75) is 38.2 Å². The van der Waals surface area contributed by atoms with E-state index in [0.29, 0.717) is 11.4 Å². The fraction of sp³-hybridized carbons (Fsp3) is 0.300. The van der Waals surface area contributed by atoms with E-state index in [2.05, 4.69) is 31.0 Å². The minimum atomic E-state index is -0.468. The van der Waals surface area contributed by atoms with Gasteiger partial charge in [0.25, 0.3) is 11.8 Å². The fourth-order valence-electron chi connectivity index (χ4n) is 2.17. The van der Waals surface area contributed by atoms with E-state index in [-0.39, 0.29) is 11.8 Å². The summed E-state index contributed by atoms with van der Waals surface area (Å²) in [6, 6.07) is 7.31. The summed E-state index contributed by atoms with van der Waals surface area (Å²) in [6.45, 7) is 7.02. The Morgan fingerprint density at radius 3 is 1.62 bits per heavy atom. The van der Waals surface area contributed by atoms with E-state index in [4.69, 9.17) is 0 Å². The van der Waals surface area contributed by atoms with Crippen LogP contribution in [0.5, 0.6) is 0 Å². The zero-order chi connectivity index (χ0) is 21.2. The molecule has 0 saturated heterocycles. The number of nitrogens with zero attached hydrogens (tertiary/aromatic N) is 4. The third-order valence-corrected chi connectivity index (χ3v) is 5.22. The monoisotopic (exact) mass is 412 g/mol. The quantitative estimate of drug-likeness (QED) is 0.511. The van der Waals surface area contributed by atoms with Gasteiger partial charge in [-0.25, -0.2) is 10.9 Å². The summed E-state index contributed by atoms with van der Waals surface area (Å²) in [6.07, 6.45) is 6.68. The molecule has 2 atom stereocenters. The molecule has 0 radical (unpaired) electrons. The molecule has 0 aromatic carbocycles. The van der Waals surface area contributed by atoms with Gasteiger partial charge in [-0.05, 0) is 39.8 Å². The van der Waals surface area contributed by atoms with Crippen molar-refractivity contribution in [2.24, 2.45) is 10.2 Å². The molecule has 9 heteroatoms. The molecular formula is C20H24N6O2S. The minimum absolute atomic E-state index is 0.284. The topological polar surface area (TPSA) is 109 Å². The van der Waals surface area contributed by atoms with Crippen molar-refractivity contribution in [1.82, 2.24) is 20.8 Å². The number of amides is 2. The van der Waals surface area contributed by atoms with Gasteiger partial charge in [-0.2, -0.15) is 10.2 Å². The van der Waals surface area contributed by atoms with E-state index >= 15 is 0 Å². The molecule has 0 bridgehead atoms. The molecule has 2 N–H and O–H groups in total. The first-order valence-corrected chi connectivity index (χ1v) is 9.97. The molecule has 2 rings (SSSR count). The number of carbonyl (C=O) groups excluding carboxylic acids is 2. The minimum Gasteiger partial charge on any atom is -0.272 e. The van der Waals surface area contributed by atoms with E-state index in [1.807, 2.05) is 12.1 Å². The van der Waals surface area contributed by atoms with Gasteiger partial charge in [0.15, 0.2) is 0 Å². The normalized spacial score (nSPS) is 14.1. The van der Waals surface area contributed by atoms with Crippen LogP contribution in [0.1, 0.15) is 38.8 Å². The van der Waals surface area contributed by atoms with Crippen molar-refractivity contribution in [1.29, 1.82) is 0 Å². The lowest BCUT2D eigenvalue weighted by atomic mass is 10.2. The Balaban J connectivity index is 1.84. The van der Waals surface area contributed by atoms with Gasteiger partial charge in [0, 0.05) is 35.9 Å². The number of thioether (sulfide) groups is 1. The molecule has 152 valence electrons. The maximum atomic E-state index is 12.3. The molecule has 0 saturated carbocycles. The Labute approximate surface area is 174 Å². The second-order valence-electron chi connectivity index (χ2n) is 6.25. The molecule has 29 heavy (non-hydrogen) atoms. The number of hydrogen-bond acceptors (Lipinski definition) is 7. The average Bonchev–Trinajstić information content (AvgIpc) is 2.76. The van der Waals surface area contributed by atoms with Crippen LogP contribution in [0.3, 0.4) is 0 Å². The number of nitrogens with one attached hydrogen (secondary N) is 2. The Hall–Kier alpha value is -3.07. The smallest absolute Gasteiger partial charge is 0.252 e. The standard InChI is InChI=1S/C20H24N6O2S/c1-13(17-7-5-9-21-11-17)23-25-19(27)15(3)29-16(4)20(28)26-24-14(2)18-8-6-10-22-12-18/h5-12,15-16H,1-4H3,(H,25,27)(H,26,28)/b23-13-,24-14?. The molecule has 0 aliphatic heterocycles. The number of hydrazone groups is 2. The predicted octanol–water partition coefficient (Wildman–Crippen LogP) is 2.37. The molecule has 0 aliphatic carbocycles. The number of rotatable bonds is 8. The number of hydrogen-bond donors (Lipinski definition) is 2. The molecule has 2 aromatic heterocycles. The third-order valence-electron chi connectivity index (χ3n) is 3.97. The number of carbonyl (C=O) groups is 2. The summed E-state index contributed by atoms with van der Waals surface area (Å²) >= 11 is 1.22. The Kier molecular flexibility index (Phi) is 8.47. The second-order valence-corrected chi connectivity index (χ2v) is 7.94. The largest absolute Gasteiger partial charge is 0.272 e. The predicted molar refractivity (Wildman–Crippen MR) is 116 cm³/mol. The van der Waals surface area contributed by atoms with E-state index < -0.39 is 10.5 Å². The summed E-state index contributed by atoms with van der Waals surface area (Å²) in [5.74, 6) is -0.569. The SMILES string of the molecule is CC(=NNC(=O)C(C)SC(C)C(=O)N/N=C(/C)c1cccnc1)c1cccnc1. The van der Waals surface area contributed by atoms with Gasteiger partial charge >= 0.3 is 0 Å². The van der Waals surface area contributed by atoms with Gasteiger partial charge in [-0.15, -0.1) is 11.8 Å². The summed E-state index contributed by atoms with van der Waals surface area (Å²) in [4.78, 5) is 32.6. The maximum Gasteiger partial charge on any atom is 0.252 e. The van der Waals surface area contributed by atoms with Gasteiger partial charge < -0.3 is 0 Å². The highest BCUT2D eigenvalue weighted by atomic mass is 32.2. The fourth-order valence-corrected chi connectivity index (χ4v) is 3.14. The van der Waals surface area contributed by atoms with Crippen LogP contribution >= 0.6 is 11.8 Å². The lowest BCUT2D eigenvalue weighted by molar-refractivity contribution is -0.120. The van der Waals surface area contributed by atoms with Crippen LogP contribution in [-0.2, 0) is 9.59 Å². The Morgan fingerprint density at radius 1 is 0.862 bits per heavy atom. The molecular weight excluding hydrogens is 388 g/mol. The Bertz CT molecular complexity index is 813. The van der Waals surface area contributed by atoms with E-state index in [9.17, 15) is 9.59 Å². The highest BCUT2D eigenvalue weighted by Gasteiger charge is 2.21. The highest BCUT2D eigenvalue weighted by Crippen LogP contribution is 2.18. The van der Waals surface area contributed by atoms with Crippen LogP contribution in [0.15, 0.2) is 59.3 Å². The molecule has 2 unspecified atom stereocenters.